The first-order chi connectivity index (χ1) is 10.2. The van der Waals surface area contributed by atoms with Crippen molar-refractivity contribution in [3.8, 4) is 11.5 Å². The summed E-state index contributed by atoms with van der Waals surface area (Å²) in [6, 6.07) is 7.18. The molecule has 0 aliphatic carbocycles. The Morgan fingerprint density at radius 1 is 1.14 bits per heavy atom. The first kappa shape index (κ1) is 15.3. The molecule has 0 saturated carbocycles. The van der Waals surface area contributed by atoms with Crippen molar-refractivity contribution in [2.45, 2.75) is 20.1 Å². The highest BCUT2D eigenvalue weighted by atomic mass is 19.1. The molecule has 2 aromatic rings. The van der Waals surface area contributed by atoms with Gasteiger partial charge in [0.05, 0.1) is 13.3 Å². The molecule has 5 heteroatoms. The lowest BCUT2D eigenvalue weighted by molar-refractivity contribution is 0.283. The van der Waals surface area contributed by atoms with Gasteiger partial charge in [-0.05, 0) is 30.3 Å². The summed E-state index contributed by atoms with van der Waals surface area (Å²) in [5.41, 5.74) is 1.78. The molecule has 1 N–H and O–H groups in total. The van der Waals surface area contributed by atoms with Crippen molar-refractivity contribution in [1.82, 2.24) is 10.3 Å². The van der Waals surface area contributed by atoms with Gasteiger partial charge in [-0.15, -0.1) is 0 Å². The monoisotopic (exact) mass is 290 g/mol. The molecule has 0 amide bonds. The molecule has 0 atom stereocenters. The third-order valence-corrected chi connectivity index (χ3v) is 2.96. The van der Waals surface area contributed by atoms with Crippen LogP contribution in [0.25, 0.3) is 0 Å². The van der Waals surface area contributed by atoms with E-state index in [1.165, 1.54) is 12.3 Å². The maximum atomic E-state index is 13.1. The highest BCUT2D eigenvalue weighted by molar-refractivity contribution is 5.43. The second-order valence-electron chi connectivity index (χ2n) is 4.57. The summed E-state index contributed by atoms with van der Waals surface area (Å²) in [4.78, 5) is 3.80. The summed E-state index contributed by atoms with van der Waals surface area (Å²) in [5, 5.41) is 3.25. The summed E-state index contributed by atoms with van der Waals surface area (Å²) < 4.78 is 24.1. The molecule has 0 saturated heterocycles. The number of nitrogens with zero attached hydrogens (tertiary/aromatic N) is 1. The number of pyridine rings is 1. The van der Waals surface area contributed by atoms with Gasteiger partial charge in [0, 0.05) is 18.3 Å². The summed E-state index contributed by atoms with van der Waals surface area (Å²) in [6.07, 6.45) is 2.75. The van der Waals surface area contributed by atoms with Crippen molar-refractivity contribution < 1.29 is 13.9 Å². The number of hydrogen-bond donors (Lipinski definition) is 1. The number of aromatic nitrogens is 1. The van der Waals surface area contributed by atoms with Gasteiger partial charge in [-0.1, -0.05) is 13.0 Å². The average Bonchev–Trinajstić information content (AvgIpc) is 2.51. The van der Waals surface area contributed by atoms with E-state index in [-0.39, 0.29) is 12.4 Å². The smallest absolute Gasteiger partial charge is 0.161 e. The Kier molecular flexibility index (Phi) is 5.51. The standard InChI is InChI=1S/C16H19FN2O2/c1-3-18-8-12-4-5-15(20-2)16(7-12)21-11-13-6-14(17)10-19-9-13/h4-7,9-10,18H,3,8,11H2,1-2H3. The fourth-order valence-electron chi connectivity index (χ4n) is 1.91. The Labute approximate surface area is 123 Å². The van der Waals surface area contributed by atoms with E-state index in [4.69, 9.17) is 9.47 Å². The fourth-order valence-corrected chi connectivity index (χ4v) is 1.91. The Hall–Kier alpha value is -2.14. The molecule has 0 unspecified atom stereocenters. The molecule has 1 aromatic carbocycles. The molecule has 0 radical (unpaired) electrons. The van der Waals surface area contributed by atoms with Gasteiger partial charge in [0.15, 0.2) is 11.5 Å². The number of benzene rings is 1. The van der Waals surface area contributed by atoms with Crippen LogP contribution in [0.1, 0.15) is 18.1 Å². The SMILES string of the molecule is CCNCc1ccc(OC)c(OCc2cncc(F)c2)c1. The van der Waals surface area contributed by atoms with Gasteiger partial charge in [0.1, 0.15) is 12.4 Å². The second-order valence-corrected chi connectivity index (χ2v) is 4.57. The lowest BCUT2D eigenvalue weighted by Crippen LogP contribution is -2.11. The molecule has 21 heavy (non-hydrogen) atoms. The zero-order chi connectivity index (χ0) is 15.1. The van der Waals surface area contributed by atoms with Crippen LogP contribution in [-0.2, 0) is 13.2 Å². The van der Waals surface area contributed by atoms with Crippen LogP contribution < -0.4 is 14.8 Å². The largest absolute Gasteiger partial charge is 0.493 e. The molecule has 0 fully saturated rings. The zero-order valence-corrected chi connectivity index (χ0v) is 12.2. The van der Waals surface area contributed by atoms with Gasteiger partial charge >= 0.3 is 0 Å². The van der Waals surface area contributed by atoms with E-state index < -0.39 is 0 Å². The van der Waals surface area contributed by atoms with Crippen molar-refractivity contribution >= 4 is 0 Å². The lowest BCUT2D eigenvalue weighted by atomic mass is 10.2. The Morgan fingerprint density at radius 3 is 2.71 bits per heavy atom. The van der Waals surface area contributed by atoms with Gasteiger partial charge in [-0.25, -0.2) is 4.39 Å². The number of methoxy groups -OCH3 is 1. The highest BCUT2D eigenvalue weighted by Gasteiger charge is 2.07. The molecule has 112 valence electrons. The molecule has 1 aromatic heterocycles. The van der Waals surface area contributed by atoms with Crippen molar-refractivity contribution in [2.24, 2.45) is 0 Å². The number of halogens is 1. The third kappa shape index (κ3) is 4.43. The van der Waals surface area contributed by atoms with E-state index in [9.17, 15) is 4.39 Å². The predicted octanol–water partition coefficient (Wildman–Crippen LogP) is 2.92. The first-order valence-electron chi connectivity index (χ1n) is 6.82. The lowest BCUT2D eigenvalue weighted by Gasteiger charge is -2.12. The van der Waals surface area contributed by atoms with Crippen LogP contribution in [0.3, 0.4) is 0 Å². The van der Waals surface area contributed by atoms with Gasteiger partial charge in [-0.2, -0.15) is 0 Å². The van der Waals surface area contributed by atoms with E-state index in [1.807, 2.05) is 18.2 Å². The molecule has 4 nitrogen and oxygen atoms in total. The molecule has 0 bridgehead atoms. The quantitative estimate of drug-likeness (QED) is 0.851. The van der Waals surface area contributed by atoms with Gasteiger partial charge in [0.25, 0.3) is 0 Å². The minimum atomic E-state index is -0.371. The topological polar surface area (TPSA) is 43.4 Å². The molecule has 1 heterocycles. The Balaban J connectivity index is 2.09. The van der Waals surface area contributed by atoms with Crippen LogP contribution in [-0.4, -0.2) is 18.6 Å². The number of nitrogens with one attached hydrogen (secondary N) is 1. The van der Waals surface area contributed by atoms with Crippen molar-refractivity contribution in [3.63, 3.8) is 0 Å². The molecule has 2 rings (SSSR count). The number of hydrogen-bond acceptors (Lipinski definition) is 4. The van der Waals surface area contributed by atoms with E-state index in [0.717, 1.165) is 18.7 Å². The first-order valence-corrected chi connectivity index (χ1v) is 6.82. The van der Waals surface area contributed by atoms with E-state index >= 15 is 0 Å². The van der Waals surface area contributed by atoms with Gasteiger partial charge in [-0.3, -0.25) is 4.98 Å². The molecule has 0 aliphatic rings. The van der Waals surface area contributed by atoms with Crippen LogP contribution in [0.2, 0.25) is 0 Å². The average molecular weight is 290 g/mol. The number of ether oxygens (including phenoxy) is 2. The Bertz CT molecular complexity index is 590. The van der Waals surface area contributed by atoms with Crippen molar-refractivity contribution in [1.29, 1.82) is 0 Å². The minimum absolute atomic E-state index is 0.242. The van der Waals surface area contributed by atoms with Gasteiger partial charge < -0.3 is 14.8 Å². The van der Waals surface area contributed by atoms with E-state index in [2.05, 4.69) is 17.2 Å². The summed E-state index contributed by atoms with van der Waals surface area (Å²) in [7, 11) is 1.59. The number of rotatable bonds is 7. The second kappa shape index (κ2) is 7.59. The molecular weight excluding hydrogens is 271 g/mol. The van der Waals surface area contributed by atoms with E-state index in [0.29, 0.717) is 17.1 Å². The van der Waals surface area contributed by atoms with Crippen molar-refractivity contribution in [3.05, 3.63) is 53.6 Å². The van der Waals surface area contributed by atoms with E-state index in [1.54, 1.807) is 13.3 Å². The third-order valence-electron chi connectivity index (χ3n) is 2.96. The van der Waals surface area contributed by atoms with Gasteiger partial charge in [0.2, 0.25) is 0 Å². The zero-order valence-electron chi connectivity index (χ0n) is 12.2. The summed E-state index contributed by atoms with van der Waals surface area (Å²) in [5.74, 6) is 0.917. The van der Waals surface area contributed by atoms with Crippen molar-refractivity contribution in [2.75, 3.05) is 13.7 Å². The Morgan fingerprint density at radius 2 is 2.00 bits per heavy atom. The molecule has 0 aliphatic heterocycles. The normalized spacial score (nSPS) is 10.4. The summed E-state index contributed by atoms with van der Waals surface area (Å²) in [6.45, 7) is 3.96. The molecule has 0 spiro atoms. The predicted molar refractivity (Wildman–Crippen MR) is 78.9 cm³/mol. The van der Waals surface area contributed by atoms with Crippen LogP contribution in [0.4, 0.5) is 4.39 Å². The fraction of sp³-hybridized carbons (Fsp3) is 0.312. The molecular formula is C16H19FN2O2. The van der Waals surface area contributed by atoms with Crippen LogP contribution in [0.5, 0.6) is 11.5 Å². The van der Waals surface area contributed by atoms with Crippen LogP contribution >= 0.6 is 0 Å². The highest BCUT2D eigenvalue weighted by Crippen LogP contribution is 2.28. The maximum absolute atomic E-state index is 13.1. The summed E-state index contributed by atoms with van der Waals surface area (Å²) >= 11 is 0. The maximum Gasteiger partial charge on any atom is 0.161 e. The van der Waals surface area contributed by atoms with Crippen LogP contribution in [0.15, 0.2) is 36.7 Å². The van der Waals surface area contributed by atoms with Crippen LogP contribution in [0, 0.1) is 5.82 Å². The minimum Gasteiger partial charge on any atom is -0.493 e.